The van der Waals surface area contributed by atoms with Crippen LogP contribution in [0.25, 0.3) is 32.9 Å². The molecule has 1 amide bonds. The van der Waals surface area contributed by atoms with Crippen molar-refractivity contribution >= 4 is 62.6 Å². The number of aromatic carboxylic acids is 1. The van der Waals surface area contributed by atoms with Crippen LogP contribution in [0.5, 0.6) is 5.75 Å². The number of ether oxygens (including phenoxy) is 1. The van der Waals surface area contributed by atoms with E-state index < -0.39 is 5.97 Å². The number of nitrogens with zero attached hydrogens (tertiary/aromatic N) is 4. The van der Waals surface area contributed by atoms with E-state index >= 15 is 0 Å². The van der Waals surface area contributed by atoms with E-state index in [0.717, 1.165) is 66.3 Å². The van der Waals surface area contributed by atoms with Crippen molar-refractivity contribution in [1.82, 2.24) is 19.3 Å². The lowest BCUT2D eigenvalue weighted by molar-refractivity contribution is 0.0691. The number of benzene rings is 3. The van der Waals surface area contributed by atoms with Gasteiger partial charge in [0.05, 0.1) is 34.0 Å². The Morgan fingerprint density at radius 2 is 1.80 bits per heavy atom. The summed E-state index contributed by atoms with van der Waals surface area (Å²) in [4.78, 5) is 31.5. The number of hydrogen-bond donors (Lipinski definition) is 2. The maximum Gasteiger partial charge on any atom is 0.352 e. The molecule has 3 aromatic heterocycles. The van der Waals surface area contributed by atoms with Gasteiger partial charge in [0.25, 0.3) is 5.91 Å². The van der Waals surface area contributed by atoms with Crippen LogP contribution in [0.2, 0.25) is 10.0 Å². The minimum absolute atomic E-state index is 0.0716. The summed E-state index contributed by atoms with van der Waals surface area (Å²) in [5, 5.41) is 17.4. The molecule has 1 aliphatic rings. The number of aryl methyl sites for hydroxylation is 5. The predicted molar refractivity (Wildman–Crippen MR) is 195 cm³/mol. The number of H-pyrrole nitrogens is 1. The number of anilines is 1. The largest absolute Gasteiger partial charge is 0.494 e. The van der Waals surface area contributed by atoms with Crippen LogP contribution in [0.4, 0.5) is 5.69 Å². The van der Waals surface area contributed by atoms with Crippen molar-refractivity contribution in [2.24, 2.45) is 7.05 Å². The zero-order valence-corrected chi connectivity index (χ0v) is 29.8. The van der Waals surface area contributed by atoms with Crippen LogP contribution >= 0.6 is 23.2 Å². The smallest absolute Gasteiger partial charge is 0.352 e. The van der Waals surface area contributed by atoms with Gasteiger partial charge in [-0.2, -0.15) is 5.10 Å². The first-order chi connectivity index (χ1) is 23.4. The highest BCUT2D eigenvalue weighted by Crippen LogP contribution is 2.45. The van der Waals surface area contributed by atoms with Gasteiger partial charge in [0.15, 0.2) is 0 Å². The maximum atomic E-state index is 14.9. The molecule has 1 aliphatic heterocycles. The minimum atomic E-state index is -1.06. The third-order valence-electron chi connectivity index (χ3n) is 9.72. The Hall–Kier alpha value is -4.73. The summed E-state index contributed by atoms with van der Waals surface area (Å²) in [5.74, 6) is -0.454. The SMILES string of the molecule is Cc1cc(OCCCc2c3n(c4c(-c5c(C)nn(C)c5C)c(Cl)ccc24)C(C)CN(c2cccc4cc(C(=O)O)[nH]c24)C3=O)cc(C)c1Cl. The Labute approximate surface area is 294 Å². The monoisotopic (exact) mass is 697 g/mol. The number of aromatic amines is 1. The van der Waals surface area contributed by atoms with Gasteiger partial charge < -0.3 is 24.3 Å². The van der Waals surface area contributed by atoms with Crippen LogP contribution in [-0.2, 0) is 13.5 Å². The highest BCUT2D eigenvalue weighted by Gasteiger charge is 2.37. The molecule has 7 rings (SSSR count). The molecule has 9 nitrogen and oxygen atoms in total. The summed E-state index contributed by atoms with van der Waals surface area (Å²) in [7, 11) is 1.92. The topological polar surface area (TPSA) is 105 Å². The number of amides is 1. The molecular formula is C38H37Cl2N5O4. The number of nitrogens with one attached hydrogen (secondary N) is 1. The number of halogens is 2. The summed E-state index contributed by atoms with van der Waals surface area (Å²) in [6, 6.07) is 14.8. The fraction of sp³-hybridized carbons (Fsp3) is 0.289. The first-order valence-electron chi connectivity index (χ1n) is 16.3. The molecule has 0 fully saturated rings. The van der Waals surface area contributed by atoms with Gasteiger partial charge in [0, 0.05) is 52.3 Å². The molecule has 0 radical (unpaired) electrons. The lowest BCUT2D eigenvalue weighted by Gasteiger charge is -2.34. The van der Waals surface area contributed by atoms with Gasteiger partial charge in [0.1, 0.15) is 17.1 Å². The number of carbonyl (C=O) groups is 2. The summed E-state index contributed by atoms with van der Waals surface area (Å²) in [5.41, 5.74) is 9.33. The van der Waals surface area contributed by atoms with E-state index in [0.29, 0.717) is 47.9 Å². The van der Waals surface area contributed by atoms with E-state index in [1.54, 1.807) is 11.0 Å². The molecular weight excluding hydrogens is 661 g/mol. The number of para-hydroxylation sites is 1. The quantitative estimate of drug-likeness (QED) is 0.155. The lowest BCUT2D eigenvalue weighted by atomic mass is 9.98. The fourth-order valence-electron chi connectivity index (χ4n) is 7.42. The van der Waals surface area contributed by atoms with Gasteiger partial charge in [-0.1, -0.05) is 41.4 Å². The van der Waals surface area contributed by atoms with E-state index in [4.69, 9.17) is 33.0 Å². The molecule has 6 aromatic rings. The minimum Gasteiger partial charge on any atom is -0.494 e. The second-order valence-electron chi connectivity index (χ2n) is 13.0. The van der Waals surface area contributed by atoms with Crippen molar-refractivity contribution < 1.29 is 19.4 Å². The zero-order valence-electron chi connectivity index (χ0n) is 28.2. The normalized spacial score (nSPS) is 14.7. The second-order valence-corrected chi connectivity index (χ2v) is 13.8. The van der Waals surface area contributed by atoms with E-state index in [2.05, 4.69) is 16.5 Å². The molecule has 49 heavy (non-hydrogen) atoms. The molecule has 2 N–H and O–H groups in total. The van der Waals surface area contributed by atoms with Gasteiger partial charge >= 0.3 is 5.97 Å². The maximum absolute atomic E-state index is 14.9. The van der Waals surface area contributed by atoms with E-state index in [1.807, 2.05) is 81.9 Å². The summed E-state index contributed by atoms with van der Waals surface area (Å²) in [6.07, 6.45) is 1.24. The number of carbonyl (C=O) groups excluding carboxylic acids is 1. The van der Waals surface area contributed by atoms with Crippen LogP contribution in [-0.4, -0.2) is 49.5 Å². The lowest BCUT2D eigenvalue weighted by Crippen LogP contribution is -2.42. The van der Waals surface area contributed by atoms with Crippen molar-refractivity contribution in [3.05, 3.63) is 98.0 Å². The number of hydrogen-bond acceptors (Lipinski definition) is 4. The van der Waals surface area contributed by atoms with Crippen LogP contribution in [0.15, 0.2) is 48.5 Å². The van der Waals surface area contributed by atoms with Crippen molar-refractivity contribution in [2.45, 2.75) is 53.5 Å². The molecule has 1 unspecified atom stereocenters. The van der Waals surface area contributed by atoms with Crippen LogP contribution in [0, 0.1) is 27.7 Å². The number of rotatable bonds is 8. The fourth-order valence-corrected chi connectivity index (χ4v) is 7.77. The van der Waals surface area contributed by atoms with Crippen LogP contribution in [0.1, 0.15) is 68.4 Å². The molecule has 0 aliphatic carbocycles. The first-order valence-corrected chi connectivity index (χ1v) is 17.0. The molecule has 3 aromatic carbocycles. The number of fused-ring (bicyclic) bond motifs is 4. The molecule has 0 saturated carbocycles. The third kappa shape index (κ3) is 5.36. The standard InChI is InChI=1S/C38H37Cl2N5O4/c1-19-15-25(16-20(2)33(19)40)49-14-8-10-26-27-12-13-28(39)32(31-22(4)42-43(6)23(31)5)35(27)45-21(3)18-44(37(46)36(26)45)30-11-7-9-24-17-29(38(47)48)41-34(24)30/h7,9,11-13,15-17,21,41H,8,10,14,18H2,1-6H3,(H,47,48). The van der Waals surface area contributed by atoms with E-state index in [9.17, 15) is 14.7 Å². The summed E-state index contributed by atoms with van der Waals surface area (Å²) < 4.78 is 10.2. The summed E-state index contributed by atoms with van der Waals surface area (Å²) in [6.45, 7) is 10.9. The molecule has 11 heteroatoms. The summed E-state index contributed by atoms with van der Waals surface area (Å²) >= 11 is 13.4. The number of carboxylic acid groups (broad SMARTS) is 1. The van der Waals surface area contributed by atoms with Crippen LogP contribution in [0.3, 0.4) is 0 Å². The third-order valence-corrected chi connectivity index (χ3v) is 10.6. The van der Waals surface area contributed by atoms with Gasteiger partial charge in [0.2, 0.25) is 0 Å². The van der Waals surface area contributed by atoms with Gasteiger partial charge in [-0.15, -0.1) is 0 Å². The number of aromatic nitrogens is 4. The molecule has 0 bridgehead atoms. The molecule has 252 valence electrons. The Bertz CT molecular complexity index is 2310. The van der Waals surface area contributed by atoms with Crippen molar-refractivity contribution in [3.63, 3.8) is 0 Å². The van der Waals surface area contributed by atoms with Crippen molar-refractivity contribution in [1.29, 1.82) is 0 Å². The second kappa shape index (κ2) is 12.3. The van der Waals surface area contributed by atoms with Gasteiger partial charge in [-0.25, -0.2) is 4.79 Å². The molecule has 1 atom stereocenters. The average molecular weight is 699 g/mol. The molecule has 0 spiro atoms. The Balaban J connectivity index is 1.37. The van der Waals surface area contributed by atoms with Gasteiger partial charge in [-0.05, 0) is 94.5 Å². The average Bonchev–Trinajstić information content (AvgIpc) is 3.72. The number of carboxylic acids is 1. The Kier molecular flexibility index (Phi) is 8.24. The van der Waals surface area contributed by atoms with Crippen molar-refractivity contribution in [3.8, 4) is 16.9 Å². The highest BCUT2D eigenvalue weighted by molar-refractivity contribution is 6.35. The van der Waals surface area contributed by atoms with Gasteiger partial charge in [-0.3, -0.25) is 9.48 Å². The zero-order chi connectivity index (χ0) is 34.9. The van der Waals surface area contributed by atoms with Crippen molar-refractivity contribution in [2.75, 3.05) is 18.1 Å². The first kappa shape index (κ1) is 32.8. The van der Waals surface area contributed by atoms with E-state index in [1.165, 1.54) is 0 Å². The predicted octanol–water partition coefficient (Wildman–Crippen LogP) is 8.99. The molecule has 4 heterocycles. The van der Waals surface area contributed by atoms with E-state index in [-0.39, 0.29) is 17.6 Å². The molecule has 0 saturated heterocycles. The van der Waals surface area contributed by atoms with Crippen LogP contribution < -0.4 is 9.64 Å². The Morgan fingerprint density at radius 3 is 2.47 bits per heavy atom. The highest BCUT2D eigenvalue weighted by atomic mass is 35.5. The Morgan fingerprint density at radius 1 is 1.06 bits per heavy atom.